The first-order valence-corrected chi connectivity index (χ1v) is 7.48. The van der Waals surface area contributed by atoms with E-state index in [0.29, 0.717) is 22.8 Å². The van der Waals surface area contributed by atoms with Gasteiger partial charge in [0.25, 0.3) is 0 Å². The number of nitriles is 1. The standard InChI is InChI=1S/C16H15NO3S/c1-19-15-8-11(10-18)6-7-14(15)20-13-4-3-5-16(21-2)12(13)9-17/h3-8,18H,10H2,1-2H3. The SMILES string of the molecule is COc1cc(CO)ccc1Oc1cccc(SC)c1C#N. The zero-order valence-electron chi connectivity index (χ0n) is 11.8. The number of ether oxygens (including phenoxy) is 2. The normalized spacial score (nSPS) is 10.0. The molecule has 0 atom stereocenters. The van der Waals surface area contributed by atoms with Crippen LogP contribution in [0, 0.1) is 11.3 Å². The van der Waals surface area contributed by atoms with Crippen LogP contribution in [0.5, 0.6) is 17.2 Å². The first-order chi connectivity index (χ1) is 10.2. The topological polar surface area (TPSA) is 62.5 Å². The van der Waals surface area contributed by atoms with Gasteiger partial charge in [0.05, 0.1) is 13.7 Å². The minimum absolute atomic E-state index is 0.0674. The number of thioether (sulfide) groups is 1. The van der Waals surface area contributed by atoms with Crippen LogP contribution >= 0.6 is 11.8 Å². The maximum absolute atomic E-state index is 9.31. The van der Waals surface area contributed by atoms with Gasteiger partial charge in [-0.2, -0.15) is 5.26 Å². The van der Waals surface area contributed by atoms with Crippen molar-refractivity contribution in [3.63, 3.8) is 0 Å². The Bertz CT molecular complexity index is 680. The van der Waals surface area contributed by atoms with Crippen molar-refractivity contribution >= 4 is 11.8 Å². The van der Waals surface area contributed by atoms with Crippen molar-refractivity contribution in [2.24, 2.45) is 0 Å². The summed E-state index contributed by atoms with van der Waals surface area (Å²) in [5.41, 5.74) is 1.23. The average molecular weight is 301 g/mol. The van der Waals surface area contributed by atoms with E-state index in [1.807, 2.05) is 18.4 Å². The van der Waals surface area contributed by atoms with Crippen LogP contribution in [0.15, 0.2) is 41.3 Å². The third kappa shape index (κ3) is 3.30. The Kier molecular flexibility index (Phi) is 5.09. The second kappa shape index (κ2) is 7.02. The van der Waals surface area contributed by atoms with Crippen molar-refractivity contribution in [3.8, 4) is 23.3 Å². The Balaban J connectivity index is 2.41. The summed E-state index contributed by atoms with van der Waals surface area (Å²) in [6.45, 7) is -0.0674. The van der Waals surface area contributed by atoms with Gasteiger partial charge >= 0.3 is 0 Å². The van der Waals surface area contributed by atoms with Crippen LogP contribution in [0.3, 0.4) is 0 Å². The van der Waals surface area contributed by atoms with E-state index < -0.39 is 0 Å². The molecule has 0 fully saturated rings. The van der Waals surface area contributed by atoms with Crippen LogP contribution < -0.4 is 9.47 Å². The zero-order chi connectivity index (χ0) is 15.2. The summed E-state index contributed by atoms with van der Waals surface area (Å²) in [5.74, 6) is 1.50. The predicted molar refractivity (Wildman–Crippen MR) is 81.9 cm³/mol. The average Bonchev–Trinajstić information content (AvgIpc) is 2.54. The first kappa shape index (κ1) is 15.2. The van der Waals surface area contributed by atoms with Gasteiger partial charge in [0.15, 0.2) is 11.5 Å². The Morgan fingerprint density at radius 1 is 1.19 bits per heavy atom. The smallest absolute Gasteiger partial charge is 0.169 e. The summed E-state index contributed by atoms with van der Waals surface area (Å²) >= 11 is 1.49. The number of rotatable bonds is 5. The summed E-state index contributed by atoms with van der Waals surface area (Å²) in [6, 6.07) is 12.8. The molecule has 21 heavy (non-hydrogen) atoms. The highest BCUT2D eigenvalue weighted by Crippen LogP contribution is 2.36. The molecule has 0 saturated heterocycles. The van der Waals surface area contributed by atoms with Gasteiger partial charge in [0.1, 0.15) is 17.4 Å². The van der Waals surface area contributed by atoms with Crippen LogP contribution in [-0.4, -0.2) is 18.5 Å². The highest BCUT2D eigenvalue weighted by atomic mass is 32.2. The van der Waals surface area contributed by atoms with E-state index in [1.165, 1.54) is 18.9 Å². The highest BCUT2D eigenvalue weighted by Gasteiger charge is 2.12. The molecule has 0 saturated carbocycles. The van der Waals surface area contributed by atoms with Crippen molar-refractivity contribution in [1.29, 1.82) is 5.26 Å². The maximum atomic E-state index is 9.31. The van der Waals surface area contributed by atoms with Gasteiger partial charge in [0.2, 0.25) is 0 Å². The number of nitrogens with zero attached hydrogens (tertiary/aromatic N) is 1. The van der Waals surface area contributed by atoms with Crippen LogP contribution in [0.25, 0.3) is 0 Å². The van der Waals surface area contributed by atoms with E-state index in [4.69, 9.17) is 14.6 Å². The van der Waals surface area contributed by atoms with E-state index in [2.05, 4.69) is 6.07 Å². The molecule has 2 rings (SSSR count). The Morgan fingerprint density at radius 3 is 2.62 bits per heavy atom. The van der Waals surface area contributed by atoms with Gasteiger partial charge in [0, 0.05) is 4.90 Å². The molecule has 0 aliphatic carbocycles. The van der Waals surface area contributed by atoms with Crippen LogP contribution in [0.2, 0.25) is 0 Å². The number of methoxy groups -OCH3 is 1. The molecule has 0 heterocycles. The quantitative estimate of drug-likeness (QED) is 0.855. The van der Waals surface area contributed by atoms with E-state index >= 15 is 0 Å². The van der Waals surface area contributed by atoms with E-state index in [1.54, 1.807) is 24.3 Å². The molecule has 0 radical (unpaired) electrons. The van der Waals surface area contributed by atoms with E-state index in [0.717, 1.165) is 10.5 Å². The summed E-state index contributed by atoms with van der Waals surface area (Å²) in [5, 5.41) is 18.5. The molecule has 0 aliphatic rings. The molecule has 5 heteroatoms. The van der Waals surface area contributed by atoms with Crippen LogP contribution in [-0.2, 0) is 6.61 Å². The van der Waals surface area contributed by atoms with Gasteiger partial charge in [-0.25, -0.2) is 0 Å². The Labute approximate surface area is 127 Å². The number of hydrogen-bond donors (Lipinski definition) is 1. The highest BCUT2D eigenvalue weighted by molar-refractivity contribution is 7.98. The molecule has 0 bridgehead atoms. The molecule has 108 valence electrons. The number of hydrogen-bond acceptors (Lipinski definition) is 5. The largest absolute Gasteiger partial charge is 0.493 e. The minimum atomic E-state index is -0.0674. The monoisotopic (exact) mass is 301 g/mol. The van der Waals surface area contributed by atoms with Crippen LogP contribution in [0.1, 0.15) is 11.1 Å². The van der Waals surface area contributed by atoms with E-state index in [9.17, 15) is 5.26 Å². The van der Waals surface area contributed by atoms with Gasteiger partial charge in [-0.1, -0.05) is 12.1 Å². The van der Waals surface area contributed by atoms with Gasteiger partial charge in [-0.15, -0.1) is 11.8 Å². The van der Waals surface area contributed by atoms with Crippen LogP contribution in [0.4, 0.5) is 0 Å². The van der Waals surface area contributed by atoms with E-state index in [-0.39, 0.29) is 6.61 Å². The lowest BCUT2D eigenvalue weighted by Gasteiger charge is -2.13. The Morgan fingerprint density at radius 2 is 2.00 bits per heavy atom. The van der Waals surface area contributed by atoms with Gasteiger partial charge in [-0.05, 0) is 36.1 Å². The summed E-state index contributed by atoms with van der Waals surface area (Å²) in [6.07, 6.45) is 1.91. The second-order valence-electron chi connectivity index (χ2n) is 4.19. The zero-order valence-corrected chi connectivity index (χ0v) is 12.6. The van der Waals surface area contributed by atoms with Gasteiger partial charge in [-0.3, -0.25) is 0 Å². The van der Waals surface area contributed by atoms with Crippen molar-refractivity contribution < 1.29 is 14.6 Å². The molecular weight excluding hydrogens is 286 g/mol. The molecule has 0 amide bonds. The van der Waals surface area contributed by atoms with Crippen molar-refractivity contribution in [2.45, 2.75) is 11.5 Å². The second-order valence-corrected chi connectivity index (χ2v) is 5.04. The number of benzene rings is 2. The molecule has 0 spiro atoms. The molecule has 0 aliphatic heterocycles. The summed E-state index contributed by atoms with van der Waals surface area (Å²) < 4.78 is 11.1. The molecule has 0 aromatic heterocycles. The lowest BCUT2D eigenvalue weighted by atomic mass is 10.2. The van der Waals surface area contributed by atoms with Crippen molar-refractivity contribution in [3.05, 3.63) is 47.5 Å². The summed E-state index contributed by atoms with van der Waals surface area (Å²) in [7, 11) is 1.53. The van der Waals surface area contributed by atoms with Crippen molar-refractivity contribution in [1.82, 2.24) is 0 Å². The lowest BCUT2D eigenvalue weighted by Crippen LogP contribution is -1.95. The number of aliphatic hydroxyl groups excluding tert-OH is 1. The fraction of sp³-hybridized carbons (Fsp3) is 0.188. The fourth-order valence-corrected chi connectivity index (χ4v) is 2.45. The molecule has 1 N–H and O–H groups in total. The predicted octanol–water partition coefficient (Wildman–Crippen LogP) is 3.57. The number of aliphatic hydroxyl groups is 1. The molecule has 4 nitrogen and oxygen atoms in total. The van der Waals surface area contributed by atoms with Crippen molar-refractivity contribution in [2.75, 3.05) is 13.4 Å². The first-order valence-electron chi connectivity index (χ1n) is 6.26. The third-order valence-electron chi connectivity index (χ3n) is 2.95. The maximum Gasteiger partial charge on any atom is 0.169 e. The molecule has 2 aromatic rings. The summed E-state index contributed by atoms with van der Waals surface area (Å²) in [4.78, 5) is 0.862. The Hall–Kier alpha value is -2.16. The fourth-order valence-electron chi connectivity index (χ4n) is 1.89. The van der Waals surface area contributed by atoms with Gasteiger partial charge < -0.3 is 14.6 Å². The molecule has 0 unspecified atom stereocenters. The molecular formula is C16H15NO3S. The molecule has 2 aromatic carbocycles. The lowest BCUT2D eigenvalue weighted by molar-refractivity contribution is 0.280. The third-order valence-corrected chi connectivity index (χ3v) is 3.73. The minimum Gasteiger partial charge on any atom is -0.493 e.